The number of benzene rings is 2. The number of para-hydroxylation sites is 1. The van der Waals surface area contributed by atoms with E-state index in [1.54, 1.807) is 36.4 Å². The summed E-state index contributed by atoms with van der Waals surface area (Å²) in [6.07, 6.45) is 3.98. The van der Waals surface area contributed by atoms with Crippen molar-refractivity contribution in [2.75, 3.05) is 0 Å². The van der Waals surface area contributed by atoms with Crippen molar-refractivity contribution in [3.05, 3.63) is 66.4 Å². The van der Waals surface area contributed by atoms with E-state index in [2.05, 4.69) is 5.10 Å². The highest BCUT2D eigenvalue weighted by Gasteiger charge is 2.20. The molecule has 0 bridgehead atoms. The van der Waals surface area contributed by atoms with Crippen LogP contribution in [0.5, 0.6) is 0 Å². The van der Waals surface area contributed by atoms with Crippen molar-refractivity contribution in [2.45, 2.75) is 4.90 Å². The molecule has 0 radical (unpaired) electrons. The van der Waals surface area contributed by atoms with E-state index >= 15 is 0 Å². The Morgan fingerprint density at radius 3 is 2.75 bits per heavy atom. The van der Waals surface area contributed by atoms with E-state index in [1.165, 1.54) is 29.9 Å². The first-order chi connectivity index (χ1) is 11.5. The van der Waals surface area contributed by atoms with Crippen LogP contribution in [0, 0.1) is 0 Å². The maximum Gasteiger partial charge on any atom is 0.283 e. The molecule has 0 saturated heterocycles. The van der Waals surface area contributed by atoms with Crippen LogP contribution in [0.25, 0.3) is 17.0 Å². The highest BCUT2D eigenvalue weighted by molar-refractivity contribution is 7.90. The first-order valence-corrected chi connectivity index (χ1v) is 8.37. The van der Waals surface area contributed by atoms with Gasteiger partial charge in [-0.3, -0.25) is 10.0 Å². The summed E-state index contributed by atoms with van der Waals surface area (Å²) in [6, 6.07) is 13.1. The Morgan fingerprint density at radius 1 is 1.17 bits per heavy atom. The predicted molar refractivity (Wildman–Crippen MR) is 87.7 cm³/mol. The molecule has 1 aromatic heterocycles. The lowest BCUT2D eigenvalue weighted by Crippen LogP contribution is -2.15. The molecule has 0 aliphatic rings. The van der Waals surface area contributed by atoms with Gasteiger partial charge in [-0.1, -0.05) is 30.3 Å². The molecule has 7 nitrogen and oxygen atoms in total. The van der Waals surface area contributed by atoms with Gasteiger partial charge in [-0.05, 0) is 29.8 Å². The molecule has 0 aliphatic carbocycles. The van der Waals surface area contributed by atoms with Crippen LogP contribution in [0.2, 0.25) is 0 Å². The third-order valence-corrected chi connectivity index (χ3v) is 4.96. The fraction of sp³-hybridized carbons (Fsp3) is 0. The standard InChI is InChI=1S/C16H13N3O4S/c20-16(18-21)9-8-12-4-3-6-14(10-12)24(22,23)19-15-7-2-1-5-13(15)11-17-19/h1-11,21H,(H,18,20)/b9-8+. The Kier molecular flexibility index (Phi) is 4.15. The smallest absolute Gasteiger partial charge is 0.283 e. The number of hydrogen-bond acceptors (Lipinski definition) is 5. The van der Waals surface area contributed by atoms with Gasteiger partial charge in [-0.2, -0.15) is 17.6 Å². The summed E-state index contributed by atoms with van der Waals surface area (Å²) in [5, 5.41) is 13.2. The second-order valence-corrected chi connectivity index (χ2v) is 6.70. The Bertz CT molecular complexity index is 1040. The van der Waals surface area contributed by atoms with Crippen LogP contribution >= 0.6 is 0 Å². The Morgan fingerprint density at radius 2 is 1.96 bits per heavy atom. The van der Waals surface area contributed by atoms with Crippen molar-refractivity contribution < 1.29 is 18.4 Å². The van der Waals surface area contributed by atoms with Gasteiger partial charge in [-0.25, -0.2) is 5.48 Å². The number of amides is 1. The van der Waals surface area contributed by atoms with Crippen molar-refractivity contribution in [3.8, 4) is 0 Å². The lowest BCUT2D eigenvalue weighted by molar-refractivity contribution is -0.124. The van der Waals surface area contributed by atoms with Crippen molar-refractivity contribution in [2.24, 2.45) is 0 Å². The van der Waals surface area contributed by atoms with Crippen LogP contribution in [0.15, 0.2) is 65.7 Å². The van der Waals surface area contributed by atoms with Crippen LogP contribution < -0.4 is 5.48 Å². The maximum atomic E-state index is 12.8. The molecule has 0 atom stereocenters. The summed E-state index contributed by atoms with van der Waals surface area (Å²) in [6.45, 7) is 0. The topological polar surface area (TPSA) is 101 Å². The highest BCUT2D eigenvalue weighted by atomic mass is 32.2. The van der Waals surface area contributed by atoms with E-state index in [0.717, 1.165) is 15.5 Å². The second kappa shape index (κ2) is 6.26. The Labute approximate surface area is 137 Å². The Balaban J connectivity index is 2.04. The molecule has 0 fully saturated rings. The van der Waals surface area contributed by atoms with Crippen LogP contribution in [0.3, 0.4) is 0 Å². The molecule has 1 heterocycles. The number of nitrogens with zero attached hydrogens (tertiary/aromatic N) is 2. The lowest BCUT2D eigenvalue weighted by Gasteiger charge is -2.06. The van der Waals surface area contributed by atoms with Crippen molar-refractivity contribution >= 4 is 32.9 Å². The SMILES string of the molecule is O=C(/C=C/c1cccc(S(=O)(=O)n2ncc3ccccc32)c1)NO. The average molecular weight is 343 g/mol. The number of fused-ring (bicyclic) bond motifs is 1. The monoisotopic (exact) mass is 343 g/mol. The molecule has 2 aromatic carbocycles. The van der Waals surface area contributed by atoms with Gasteiger partial charge >= 0.3 is 0 Å². The summed E-state index contributed by atoms with van der Waals surface area (Å²) >= 11 is 0. The molecule has 24 heavy (non-hydrogen) atoms. The van der Waals surface area contributed by atoms with Crippen LogP contribution in [0.4, 0.5) is 0 Å². The molecule has 0 aliphatic heterocycles. The van der Waals surface area contributed by atoms with Crippen molar-refractivity contribution in [3.63, 3.8) is 0 Å². The minimum Gasteiger partial charge on any atom is -0.288 e. The van der Waals surface area contributed by atoms with Gasteiger partial charge in [0.2, 0.25) is 0 Å². The molecular weight excluding hydrogens is 330 g/mol. The molecule has 3 aromatic rings. The number of carbonyl (C=O) groups is 1. The molecule has 0 unspecified atom stereocenters. The zero-order valence-electron chi connectivity index (χ0n) is 12.3. The predicted octanol–water partition coefficient (Wildman–Crippen LogP) is 1.79. The number of aromatic nitrogens is 2. The zero-order chi connectivity index (χ0) is 17.2. The summed E-state index contributed by atoms with van der Waals surface area (Å²) < 4.78 is 26.6. The quantitative estimate of drug-likeness (QED) is 0.427. The molecule has 1 amide bonds. The number of hydroxylamine groups is 1. The van der Waals surface area contributed by atoms with Gasteiger partial charge in [0.05, 0.1) is 16.6 Å². The van der Waals surface area contributed by atoms with E-state index in [4.69, 9.17) is 5.21 Å². The lowest BCUT2D eigenvalue weighted by atomic mass is 10.2. The van der Waals surface area contributed by atoms with E-state index in [9.17, 15) is 13.2 Å². The second-order valence-electron chi connectivity index (χ2n) is 4.93. The van der Waals surface area contributed by atoms with Gasteiger partial charge in [0.1, 0.15) is 0 Å². The van der Waals surface area contributed by atoms with Crippen LogP contribution in [0.1, 0.15) is 5.56 Å². The van der Waals surface area contributed by atoms with E-state index in [1.807, 2.05) is 0 Å². The molecule has 3 rings (SSSR count). The van der Waals surface area contributed by atoms with Crippen molar-refractivity contribution in [1.82, 2.24) is 14.7 Å². The highest BCUT2D eigenvalue weighted by Crippen LogP contribution is 2.21. The van der Waals surface area contributed by atoms with E-state index in [0.29, 0.717) is 11.1 Å². The summed E-state index contributed by atoms with van der Waals surface area (Å²) in [7, 11) is -3.87. The first kappa shape index (κ1) is 15.9. The number of carbonyl (C=O) groups excluding carboxylic acids is 1. The fourth-order valence-corrected chi connectivity index (χ4v) is 3.56. The minimum atomic E-state index is -3.87. The number of hydrogen-bond donors (Lipinski definition) is 2. The molecule has 8 heteroatoms. The Hall–Kier alpha value is -2.97. The van der Waals surface area contributed by atoms with Gasteiger partial charge in [-0.15, -0.1) is 0 Å². The summed E-state index contributed by atoms with van der Waals surface area (Å²) in [5.74, 6) is -0.707. The molecular formula is C16H13N3O4S. The minimum absolute atomic E-state index is 0.0444. The summed E-state index contributed by atoms with van der Waals surface area (Å²) in [5.41, 5.74) is 2.45. The average Bonchev–Trinajstić information content (AvgIpc) is 3.04. The number of rotatable bonds is 4. The van der Waals surface area contributed by atoms with Crippen LogP contribution in [-0.4, -0.2) is 28.7 Å². The maximum absolute atomic E-state index is 12.8. The molecule has 0 saturated carbocycles. The zero-order valence-corrected chi connectivity index (χ0v) is 13.1. The molecule has 2 N–H and O–H groups in total. The van der Waals surface area contributed by atoms with E-state index < -0.39 is 15.9 Å². The normalized spacial score (nSPS) is 11.9. The van der Waals surface area contributed by atoms with Crippen molar-refractivity contribution in [1.29, 1.82) is 0 Å². The van der Waals surface area contributed by atoms with Gasteiger partial charge < -0.3 is 0 Å². The third kappa shape index (κ3) is 2.92. The largest absolute Gasteiger partial charge is 0.288 e. The molecule has 122 valence electrons. The van der Waals surface area contributed by atoms with Gasteiger partial charge in [0.15, 0.2) is 0 Å². The van der Waals surface area contributed by atoms with Crippen LogP contribution in [-0.2, 0) is 14.8 Å². The van der Waals surface area contributed by atoms with E-state index in [-0.39, 0.29) is 4.90 Å². The molecule has 0 spiro atoms. The first-order valence-electron chi connectivity index (χ1n) is 6.93. The number of nitrogens with one attached hydrogen (secondary N) is 1. The third-order valence-electron chi connectivity index (χ3n) is 3.37. The summed E-state index contributed by atoms with van der Waals surface area (Å²) in [4.78, 5) is 11.1. The van der Waals surface area contributed by atoms with Gasteiger partial charge in [0, 0.05) is 11.5 Å². The fourth-order valence-electron chi connectivity index (χ4n) is 2.23. The van der Waals surface area contributed by atoms with Gasteiger partial charge in [0.25, 0.3) is 15.9 Å².